The number of amides is 2. The second-order valence-corrected chi connectivity index (χ2v) is 8.04. The van der Waals surface area contributed by atoms with E-state index in [1.165, 1.54) is 35.7 Å². The van der Waals surface area contributed by atoms with Gasteiger partial charge in [0.2, 0.25) is 5.91 Å². The van der Waals surface area contributed by atoms with E-state index in [0.29, 0.717) is 12.1 Å². The lowest BCUT2D eigenvalue weighted by molar-refractivity contribution is -0.121. The second-order valence-electron chi connectivity index (χ2n) is 6.72. The summed E-state index contributed by atoms with van der Waals surface area (Å²) in [6, 6.07) is 9.47. The molecule has 4 rings (SSSR count). The lowest BCUT2D eigenvalue weighted by atomic mass is 10.1. The fraction of sp³-hybridized carbons (Fsp3) is 0.263. The summed E-state index contributed by atoms with van der Waals surface area (Å²) in [5, 5.41) is 2.60. The van der Waals surface area contributed by atoms with Crippen molar-refractivity contribution in [3.05, 3.63) is 48.0 Å². The summed E-state index contributed by atoms with van der Waals surface area (Å²) < 4.78 is 28.5. The first-order valence-corrected chi connectivity index (χ1v) is 9.24. The summed E-state index contributed by atoms with van der Waals surface area (Å²) in [7, 11) is 3.07. The maximum Gasteiger partial charge on any atom is 0.261 e. The van der Waals surface area contributed by atoms with Gasteiger partial charge >= 0.3 is 0 Å². The van der Waals surface area contributed by atoms with E-state index in [1.807, 2.05) is 18.2 Å². The van der Waals surface area contributed by atoms with Crippen LogP contribution in [0.2, 0.25) is 0 Å². The maximum absolute atomic E-state index is 14.2. The minimum Gasteiger partial charge on any atom is -0.373 e. The molecule has 2 amide bonds. The molecule has 5 nitrogen and oxygen atoms in total. The first-order valence-electron chi connectivity index (χ1n) is 8.42. The molecular weight excluding hydrogens is 372 g/mol. The van der Waals surface area contributed by atoms with Crippen molar-refractivity contribution in [1.29, 1.82) is 0 Å². The Labute approximate surface area is 159 Å². The van der Waals surface area contributed by atoms with Gasteiger partial charge in [0.25, 0.3) is 5.91 Å². The van der Waals surface area contributed by atoms with Gasteiger partial charge < -0.3 is 10.2 Å². The number of carbonyl (C=O) groups is 2. The number of nitrogens with one attached hydrogen (secondary N) is 1. The number of anilines is 3. The first kappa shape index (κ1) is 17.8. The second kappa shape index (κ2) is 6.23. The van der Waals surface area contributed by atoms with E-state index in [-0.39, 0.29) is 23.7 Å². The lowest BCUT2D eigenvalue weighted by Gasteiger charge is -2.29. The molecule has 2 aliphatic heterocycles. The lowest BCUT2D eigenvalue weighted by Crippen LogP contribution is -2.49. The van der Waals surface area contributed by atoms with Crippen LogP contribution in [0.1, 0.15) is 12.8 Å². The fourth-order valence-electron chi connectivity index (χ4n) is 3.59. The van der Waals surface area contributed by atoms with Crippen LogP contribution in [-0.2, 0) is 9.59 Å². The van der Waals surface area contributed by atoms with Crippen LogP contribution in [0.3, 0.4) is 0 Å². The van der Waals surface area contributed by atoms with Crippen molar-refractivity contribution in [1.82, 2.24) is 0 Å². The van der Waals surface area contributed by atoms with Crippen molar-refractivity contribution >= 4 is 40.6 Å². The zero-order chi connectivity index (χ0) is 19.3. The van der Waals surface area contributed by atoms with Gasteiger partial charge in [-0.05, 0) is 30.7 Å². The Hall–Kier alpha value is -2.61. The molecule has 27 heavy (non-hydrogen) atoms. The average Bonchev–Trinajstić information content (AvgIpc) is 3.10. The highest BCUT2D eigenvalue weighted by molar-refractivity contribution is 8.02. The summed E-state index contributed by atoms with van der Waals surface area (Å²) in [6.07, 6.45) is 0.578. The number of fused-ring (bicyclic) bond motifs is 3. The molecule has 1 N–H and O–H groups in total. The SMILES string of the molecule is CN(C)c1c(F)cc(NC(=O)C23CCC(=O)N2c2ccccc2S3)cc1F. The van der Waals surface area contributed by atoms with Crippen LogP contribution in [0.4, 0.5) is 25.8 Å². The molecule has 1 saturated heterocycles. The number of nitrogens with zero attached hydrogens (tertiary/aromatic N) is 2. The number of carbonyl (C=O) groups excluding carboxylic acids is 2. The Morgan fingerprint density at radius 2 is 1.89 bits per heavy atom. The minimum absolute atomic E-state index is 0.0193. The van der Waals surface area contributed by atoms with Crippen LogP contribution in [0.5, 0.6) is 0 Å². The summed E-state index contributed by atoms with van der Waals surface area (Å²) in [6.45, 7) is 0. The Balaban J connectivity index is 1.67. The molecule has 2 aliphatic rings. The van der Waals surface area contributed by atoms with Crippen LogP contribution in [-0.4, -0.2) is 30.8 Å². The highest BCUT2D eigenvalue weighted by Gasteiger charge is 2.57. The molecule has 2 aromatic carbocycles. The fourth-order valence-corrected chi connectivity index (χ4v) is 5.01. The van der Waals surface area contributed by atoms with Crippen molar-refractivity contribution < 1.29 is 18.4 Å². The molecule has 2 aromatic rings. The van der Waals surface area contributed by atoms with Crippen LogP contribution in [0, 0.1) is 11.6 Å². The third kappa shape index (κ3) is 2.66. The molecule has 8 heteroatoms. The van der Waals surface area contributed by atoms with Gasteiger partial charge in [-0.1, -0.05) is 23.9 Å². The minimum atomic E-state index is -1.13. The van der Waals surface area contributed by atoms with Crippen LogP contribution in [0.25, 0.3) is 0 Å². The highest BCUT2D eigenvalue weighted by Crippen LogP contribution is 2.56. The van der Waals surface area contributed by atoms with E-state index in [9.17, 15) is 18.4 Å². The van der Waals surface area contributed by atoms with Gasteiger partial charge in [0.15, 0.2) is 16.5 Å². The summed E-state index contributed by atoms with van der Waals surface area (Å²) in [4.78, 5) is 28.0. The number of benzene rings is 2. The van der Waals surface area contributed by atoms with Crippen molar-refractivity contribution in [3.8, 4) is 0 Å². The molecule has 1 fully saturated rings. The number of thioether (sulfide) groups is 1. The molecule has 2 heterocycles. The summed E-state index contributed by atoms with van der Waals surface area (Å²) >= 11 is 1.30. The van der Waals surface area contributed by atoms with Gasteiger partial charge in [0, 0.05) is 31.1 Å². The van der Waals surface area contributed by atoms with E-state index in [2.05, 4.69) is 5.32 Å². The van der Waals surface area contributed by atoms with Crippen molar-refractivity contribution in [2.75, 3.05) is 29.2 Å². The molecule has 1 unspecified atom stereocenters. The monoisotopic (exact) mass is 389 g/mol. The van der Waals surface area contributed by atoms with Gasteiger partial charge in [-0.3, -0.25) is 14.5 Å². The number of rotatable bonds is 3. The number of hydrogen-bond acceptors (Lipinski definition) is 4. The normalized spacial score (nSPS) is 20.4. The van der Waals surface area contributed by atoms with E-state index in [1.54, 1.807) is 6.07 Å². The molecule has 1 atom stereocenters. The smallest absolute Gasteiger partial charge is 0.261 e. The predicted molar refractivity (Wildman–Crippen MR) is 101 cm³/mol. The van der Waals surface area contributed by atoms with Crippen molar-refractivity contribution in [2.24, 2.45) is 0 Å². The third-order valence-corrected chi connectivity index (χ3v) is 6.22. The quantitative estimate of drug-likeness (QED) is 0.872. The summed E-state index contributed by atoms with van der Waals surface area (Å²) in [5.74, 6) is -2.14. The topological polar surface area (TPSA) is 52.7 Å². The largest absolute Gasteiger partial charge is 0.373 e. The van der Waals surface area contributed by atoms with Gasteiger partial charge in [-0.25, -0.2) is 8.78 Å². The van der Waals surface area contributed by atoms with Crippen LogP contribution < -0.4 is 15.1 Å². The van der Waals surface area contributed by atoms with Crippen molar-refractivity contribution in [2.45, 2.75) is 22.6 Å². The third-order valence-electron chi connectivity index (χ3n) is 4.75. The Bertz CT molecular complexity index is 943. The zero-order valence-electron chi connectivity index (χ0n) is 14.8. The van der Waals surface area contributed by atoms with E-state index < -0.39 is 22.4 Å². The van der Waals surface area contributed by atoms with E-state index >= 15 is 0 Å². The Morgan fingerprint density at radius 1 is 1.22 bits per heavy atom. The molecule has 0 aliphatic carbocycles. The first-order chi connectivity index (χ1) is 12.8. The molecule has 0 bridgehead atoms. The number of hydrogen-bond donors (Lipinski definition) is 1. The van der Waals surface area contributed by atoms with Crippen molar-refractivity contribution in [3.63, 3.8) is 0 Å². The summed E-state index contributed by atoms with van der Waals surface area (Å²) in [5.41, 5.74) is 0.540. The molecular formula is C19H17F2N3O2S. The van der Waals surface area contributed by atoms with E-state index in [0.717, 1.165) is 17.0 Å². The molecule has 0 radical (unpaired) electrons. The zero-order valence-corrected chi connectivity index (χ0v) is 15.6. The van der Waals surface area contributed by atoms with Gasteiger partial charge in [0.1, 0.15) is 5.69 Å². The number of para-hydroxylation sites is 1. The predicted octanol–water partition coefficient (Wildman–Crippen LogP) is 3.60. The molecule has 0 saturated carbocycles. The number of halogens is 2. The van der Waals surface area contributed by atoms with Gasteiger partial charge in [-0.15, -0.1) is 0 Å². The van der Waals surface area contributed by atoms with Gasteiger partial charge in [0.05, 0.1) is 5.69 Å². The van der Waals surface area contributed by atoms with E-state index in [4.69, 9.17) is 0 Å². The van der Waals surface area contributed by atoms with Gasteiger partial charge in [-0.2, -0.15) is 0 Å². The Morgan fingerprint density at radius 3 is 2.56 bits per heavy atom. The van der Waals surface area contributed by atoms with Crippen LogP contribution in [0.15, 0.2) is 41.3 Å². The highest BCUT2D eigenvalue weighted by atomic mass is 32.2. The average molecular weight is 389 g/mol. The molecule has 0 spiro atoms. The molecule has 0 aromatic heterocycles. The molecule has 140 valence electrons. The standard InChI is InChI=1S/C19H17F2N3O2S/c1-23(2)17-12(20)9-11(10-13(17)21)22-18(26)19-8-7-16(25)24(19)14-5-3-4-6-15(14)27-19/h3-6,9-10H,7-8H2,1-2H3,(H,22,26). The van der Waals surface area contributed by atoms with Crippen LogP contribution >= 0.6 is 11.8 Å². The Kier molecular flexibility index (Phi) is 4.10. The maximum atomic E-state index is 14.2.